The minimum atomic E-state index is -0.153. The highest BCUT2D eigenvalue weighted by Gasteiger charge is 2.29. The van der Waals surface area contributed by atoms with E-state index in [1.165, 1.54) is 5.56 Å². The summed E-state index contributed by atoms with van der Waals surface area (Å²) in [6.07, 6.45) is 4.16. The van der Waals surface area contributed by atoms with Gasteiger partial charge in [-0.05, 0) is 67.6 Å². The third-order valence-electron chi connectivity index (χ3n) is 5.20. The quantitative estimate of drug-likeness (QED) is 0.694. The second-order valence-electron chi connectivity index (χ2n) is 7.62. The molecule has 6 heteroatoms. The highest BCUT2D eigenvalue weighted by atomic mass is 32.2. The van der Waals surface area contributed by atoms with E-state index in [9.17, 15) is 9.59 Å². The molecular weight excluding hydrogens is 384 g/mol. The van der Waals surface area contributed by atoms with Gasteiger partial charge >= 0.3 is 0 Å². The molecule has 152 valence electrons. The summed E-state index contributed by atoms with van der Waals surface area (Å²) in [6.45, 7) is 1.72. The molecule has 29 heavy (non-hydrogen) atoms. The fourth-order valence-electron chi connectivity index (χ4n) is 3.29. The number of amides is 2. The molecule has 4 rings (SSSR count). The van der Waals surface area contributed by atoms with Gasteiger partial charge in [-0.1, -0.05) is 12.1 Å². The van der Waals surface area contributed by atoms with Gasteiger partial charge < -0.3 is 15.4 Å². The number of rotatable bonds is 7. The summed E-state index contributed by atoms with van der Waals surface area (Å²) in [6, 6.07) is 15.0. The summed E-state index contributed by atoms with van der Waals surface area (Å²) in [5.74, 6) is 1.01. The fraction of sp³-hybridized carbons (Fsp3) is 0.391. The zero-order valence-electron chi connectivity index (χ0n) is 16.4. The Balaban J connectivity index is 1.31. The zero-order valence-corrected chi connectivity index (χ0v) is 17.2. The predicted octanol–water partition coefficient (Wildman–Crippen LogP) is 4.70. The smallest absolute Gasteiger partial charge is 0.255 e. The van der Waals surface area contributed by atoms with Crippen LogP contribution in [0.3, 0.4) is 0 Å². The van der Waals surface area contributed by atoms with Gasteiger partial charge in [-0.15, -0.1) is 0 Å². The first-order valence-electron chi connectivity index (χ1n) is 10.2. The molecule has 1 aliphatic heterocycles. The number of benzene rings is 2. The second-order valence-corrected chi connectivity index (χ2v) is 8.91. The first-order chi connectivity index (χ1) is 14.2. The van der Waals surface area contributed by atoms with Crippen LogP contribution in [0.5, 0.6) is 0 Å². The molecule has 0 atom stereocenters. The van der Waals surface area contributed by atoms with Crippen molar-refractivity contribution in [1.82, 2.24) is 0 Å². The van der Waals surface area contributed by atoms with Crippen LogP contribution >= 0.6 is 11.8 Å². The Labute approximate surface area is 175 Å². The van der Waals surface area contributed by atoms with Crippen molar-refractivity contribution in [3.05, 3.63) is 59.7 Å². The lowest BCUT2D eigenvalue weighted by Gasteiger charge is -2.21. The van der Waals surface area contributed by atoms with Crippen molar-refractivity contribution in [3.63, 3.8) is 0 Å². The van der Waals surface area contributed by atoms with Gasteiger partial charge in [-0.25, -0.2) is 0 Å². The van der Waals surface area contributed by atoms with E-state index < -0.39 is 0 Å². The highest BCUT2D eigenvalue weighted by molar-refractivity contribution is 7.99. The van der Waals surface area contributed by atoms with E-state index in [2.05, 4.69) is 16.7 Å². The Hall–Kier alpha value is -2.31. The lowest BCUT2D eigenvalue weighted by Crippen LogP contribution is -2.17. The summed E-state index contributed by atoms with van der Waals surface area (Å²) >= 11 is 1.96. The molecule has 0 radical (unpaired) electrons. The van der Waals surface area contributed by atoms with Crippen LogP contribution in [-0.4, -0.2) is 30.3 Å². The summed E-state index contributed by atoms with van der Waals surface area (Å²) in [7, 11) is 0. The van der Waals surface area contributed by atoms with E-state index in [4.69, 9.17) is 4.74 Å². The van der Waals surface area contributed by atoms with Gasteiger partial charge in [0.25, 0.3) is 5.91 Å². The van der Waals surface area contributed by atoms with E-state index in [0.717, 1.165) is 56.0 Å². The maximum absolute atomic E-state index is 12.6. The van der Waals surface area contributed by atoms with Crippen LogP contribution in [0, 0.1) is 5.92 Å². The monoisotopic (exact) mass is 410 g/mol. The van der Waals surface area contributed by atoms with E-state index >= 15 is 0 Å². The molecule has 2 aromatic rings. The van der Waals surface area contributed by atoms with Gasteiger partial charge in [0.1, 0.15) is 0 Å². The predicted molar refractivity (Wildman–Crippen MR) is 117 cm³/mol. The normalized spacial score (nSPS) is 17.0. The van der Waals surface area contributed by atoms with Crippen LogP contribution < -0.4 is 10.6 Å². The molecular formula is C23H26N2O3S. The molecule has 0 unspecified atom stereocenters. The number of nitrogens with one attached hydrogen (secondary N) is 2. The van der Waals surface area contributed by atoms with Crippen molar-refractivity contribution >= 4 is 35.0 Å². The SMILES string of the molecule is O=C(Nc1cccc(CSC2CCOCC2)c1)c1ccc(NC(=O)C2CC2)cc1. The van der Waals surface area contributed by atoms with Crippen molar-refractivity contribution in [2.45, 2.75) is 36.7 Å². The van der Waals surface area contributed by atoms with Gasteiger partial charge in [0.05, 0.1) is 0 Å². The molecule has 2 amide bonds. The topological polar surface area (TPSA) is 67.4 Å². The molecule has 1 saturated carbocycles. The minimum Gasteiger partial charge on any atom is -0.381 e. The maximum Gasteiger partial charge on any atom is 0.255 e. The van der Waals surface area contributed by atoms with Crippen molar-refractivity contribution in [1.29, 1.82) is 0 Å². The van der Waals surface area contributed by atoms with E-state index in [1.807, 2.05) is 30.0 Å². The molecule has 2 fully saturated rings. The van der Waals surface area contributed by atoms with Crippen LogP contribution in [0.1, 0.15) is 41.6 Å². The standard InChI is InChI=1S/C23H26N2O3S/c26-22(17-4-5-17)24-19-8-6-18(7-9-19)23(27)25-20-3-1-2-16(14-20)15-29-21-10-12-28-13-11-21/h1-3,6-9,14,17,21H,4-5,10-13,15H2,(H,24,26)(H,25,27). The van der Waals surface area contributed by atoms with Crippen LogP contribution in [0.4, 0.5) is 11.4 Å². The number of hydrogen-bond donors (Lipinski definition) is 2. The maximum atomic E-state index is 12.6. The number of ether oxygens (including phenoxy) is 1. The van der Waals surface area contributed by atoms with Gasteiger partial charge in [0.2, 0.25) is 5.91 Å². The zero-order chi connectivity index (χ0) is 20.1. The molecule has 1 heterocycles. The third-order valence-corrected chi connectivity index (χ3v) is 6.64. The number of thioether (sulfide) groups is 1. The molecule has 5 nitrogen and oxygen atoms in total. The number of hydrogen-bond acceptors (Lipinski definition) is 4. The average Bonchev–Trinajstić information content (AvgIpc) is 3.59. The molecule has 1 saturated heterocycles. The van der Waals surface area contributed by atoms with Gasteiger partial charge in [0, 0.05) is 47.1 Å². The van der Waals surface area contributed by atoms with Gasteiger partial charge in [-0.2, -0.15) is 11.8 Å². The van der Waals surface area contributed by atoms with Gasteiger partial charge in [-0.3, -0.25) is 9.59 Å². The van der Waals surface area contributed by atoms with Crippen molar-refractivity contribution in [3.8, 4) is 0 Å². The Morgan fingerprint density at radius 2 is 1.69 bits per heavy atom. The second kappa shape index (κ2) is 9.46. The molecule has 2 aromatic carbocycles. The number of carbonyl (C=O) groups is 2. The Kier molecular flexibility index (Phi) is 6.52. The van der Waals surface area contributed by atoms with E-state index in [1.54, 1.807) is 24.3 Å². The minimum absolute atomic E-state index is 0.0673. The summed E-state index contributed by atoms with van der Waals surface area (Å²) in [5, 5.41) is 6.51. The fourth-order valence-corrected chi connectivity index (χ4v) is 4.43. The van der Waals surface area contributed by atoms with Crippen molar-refractivity contribution < 1.29 is 14.3 Å². The molecule has 2 N–H and O–H groups in total. The summed E-state index contributed by atoms with van der Waals surface area (Å²) in [4.78, 5) is 24.4. The van der Waals surface area contributed by atoms with E-state index in [-0.39, 0.29) is 17.7 Å². The number of anilines is 2. The number of carbonyl (C=O) groups excluding carboxylic acids is 2. The Bertz CT molecular complexity index is 859. The summed E-state index contributed by atoms with van der Waals surface area (Å²) < 4.78 is 5.41. The van der Waals surface area contributed by atoms with Crippen LogP contribution in [0.25, 0.3) is 0 Å². The Morgan fingerprint density at radius 3 is 2.41 bits per heavy atom. The average molecular weight is 411 g/mol. The van der Waals surface area contributed by atoms with Crippen molar-refractivity contribution in [2.75, 3.05) is 23.8 Å². The van der Waals surface area contributed by atoms with Crippen LogP contribution in [-0.2, 0) is 15.3 Å². The van der Waals surface area contributed by atoms with Crippen LogP contribution in [0.2, 0.25) is 0 Å². The van der Waals surface area contributed by atoms with Crippen molar-refractivity contribution in [2.24, 2.45) is 5.92 Å². The van der Waals surface area contributed by atoms with Crippen LogP contribution in [0.15, 0.2) is 48.5 Å². The van der Waals surface area contributed by atoms with E-state index in [0.29, 0.717) is 10.8 Å². The third kappa shape index (κ3) is 5.84. The molecule has 0 spiro atoms. The molecule has 2 aliphatic rings. The molecule has 1 aliphatic carbocycles. The first kappa shape index (κ1) is 20.0. The lowest BCUT2D eigenvalue weighted by molar-refractivity contribution is -0.117. The Morgan fingerprint density at radius 1 is 0.931 bits per heavy atom. The first-order valence-corrected chi connectivity index (χ1v) is 11.2. The lowest BCUT2D eigenvalue weighted by atomic mass is 10.1. The largest absolute Gasteiger partial charge is 0.381 e. The highest BCUT2D eigenvalue weighted by Crippen LogP contribution is 2.30. The molecule has 0 bridgehead atoms. The summed E-state index contributed by atoms with van der Waals surface area (Å²) in [5.41, 5.74) is 3.30. The molecule has 0 aromatic heterocycles. The van der Waals surface area contributed by atoms with Gasteiger partial charge in [0.15, 0.2) is 0 Å².